The average molecular weight is 587 g/mol. The topological polar surface area (TPSA) is 26.3 Å². The summed E-state index contributed by atoms with van der Waals surface area (Å²) >= 11 is 0. The number of benzene rings is 2. The van der Waals surface area contributed by atoms with Gasteiger partial charge in [0.25, 0.3) is 7.37 Å². The average Bonchev–Trinajstić information content (AvgIpc) is 3.35. The largest absolute Gasteiger partial charge is 0.318 e. The van der Waals surface area contributed by atoms with Crippen molar-refractivity contribution in [1.82, 2.24) is 0 Å². The van der Waals surface area contributed by atoms with E-state index in [0.29, 0.717) is 5.41 Å². The highest BCUT2D eigenvalue weighted by Crippen LogP contribution is 2.67. The normalized spacial score (nSPS) is 35.2. The summed E-state index contributed by atoms with van der Waals surface area (Å²) in [7, 11) is -3.17. The minimum absolute atomic E-state index is 0.00327. The molecule has 0 heterocycles. The standard InChI is InChI=1S/C39H55O2P/c1-28(2)13-12-14-29(3)35-21-22-36-34-20-19-30-27-31(23-25-38(30,4)37(34)24-26-39(35,36)5)41-42(40,32-15-8-6-9-16-32)33-17-10-7-11-18-33/h6-11,15-19,28-29,31,34-37H,12-14,20-27H2,1-5H3/t29-,31+,34-,35+,36-,37-,38-,39+/m0/s1. The Morgan fingerprint density at radius 1 is 0.833 bits per heavy atom. The Kier molecular flexibility index (Phi) is 8.72. The zero-order valence-electron chi connectivity index (χ0n) is 26.9. The fraction of sp³-hybridized carbons (Fsp3) is 0.641. The van der Waals surface area contributed by atoms with Gasteiger partial charge in [0.2, 0.25) is 0 Å². The van der Waals surface area contributed by atoms with Gasteiger partial charge < -0.3 is 4.52 Å². The van der Waals surface area contributed by atoms with E-state index >= 15 is 0 Å². The third-order valence-electron chi connectivity index (χ3n) is 12.7. The molecule has 2 nitrogen and oxygen atoms in total. The summed E-state index contributed by atoms with van der Waals surface area (Å²) in [6, 6.07) is 19.8. The second-order valence-corrected chi connectivity index (χ2v) is 17.8. The minimum Gasteiger partial charge on any atom is -0.318 e. The molecule has 228 valence electrons. The van der Waals surface area contributed by atoms with Gasteiger partial charge in [0.15, 0.2) is 0 Å². The van der Waals surface area contributed by atoms with E-state index in [1.54, 1.807) is 5.57 Å². The fourth-order valence-corrected chi connectivity index (χ4v) is 12.7. The predicted molar refractivity (Wildman–Crippen MR) is 178 cm³/mol. The van der Waals surface area contributed by atoms with Crippen LogP contribution < -0.4 is 10.6 Å². The fourth-order valence-electron chi connectivity index (χ4n) is 10.5. The quantitative estimate of drug-likeness (QED) is 0.216. The van der Waals surface area contributed by atoms with Crippen molar-refractivity contribution in [3.8, 4) is 0 Å². The predicted octanol–water partition coefficient (Wildman–Crippen LogP) is 10.3. The summed E-state index contributed by atoms with van der Waals surface area (Å²) in [6.07, 6.45) is 16.9. The van der Waals surface area contributed by atoms with Gasteiger partial charge in [-0.3, -0.25) is 4.57 Å². The molecule has 6 rings (SSSR count). The third-order valence-corrected chi connectivity index (χ3v) is 15.3. The van der Waals surface area contributed by atoms with Gasteiger partial charge in [-0.05, 0) is 122 Å². The molecule has 0 saturated heterocycles. The molecule has 8 atom stereocenters. The Bertz CT molecular complexity index is 1240. The molecule has 2 aromatic rings. The van der Waals surface area contributed by atoms with E-state index < -0.39 is 7.37 Å². The highest BCUT2D eigenvalue weighted by atomic mass is 31.2. The number of rotatable bonds is 9. The lowest BCUT2D eigenvalue weighted by molar-refractivity contribution is -0.0556. The lowest BCUT2D eigenvalue weighted by Crippen LogP contribution is -2.51. The van der Waals surface area contributed by atoms with Gasteiger partial charge in [0.1, 0.15) is 0 Å². The first-order valence-corrected chi connectivity index (χ1v) is 18.9. The smallest absolute Gasteiger partial charge is 0.261 e. The molecule has 4 aliphatic carbocycles. The molecule has 0 spiro atoms. The Morgan fingerprint density at radius 3 is 2.14 bits per heavy atom. The molecule has 0 N–H and O–H groups in total. The molecular weight excluding hydrogens is 531 g/mol. The maximum Gasteiger partial charge on any atom is 0.261 e. The molecule has 42 heavy (non-hydrogen) atoms. The van der Waals surface area contributed by atoms with Gasteiger partial charge in [0, 0.05) is 10.6 Å². The highest BCUT2D eigenvalue weighted by Gasteiger charge is 2.59. The second-order valence-electron chi connectivity index (χ2n) is 15.5. The molecule has 0 aliphatic heterocycles. The number of hydrogen-bond donors (Lipinski definition) is 0. The minimum atomic E-state index is -3.17. The number of fused-ring (bicyclic) bond motifs is 5. The van der Waals surface area contributed by atoms with Gasteiger partial charge in [-0.25, -0.2) is 0 Å². The first-order chi connectivity index (χ1) is 20.1. The zero-order valence-corrected chi connectivity index (χ0v) is 27.8. The van der Waals surface area contributed by atoms with Crippen molar-refractivity contribution in [2.45, 2.75) is 111 Å². The van der Waals surface area contributed by atoms with Crippen LogP contribution in [0, 0.1) is 46.3 Å². The first-order valence-electron chi connectivity index (χ1n) is 17.2. The third kappa shape index (κ3) is 5.43. The van der Waals surface area contributed by atoms with Crippen LogP contribution in [0.3, 0.4) is 0 Å². The van der Waals surface area contributed by atoms with E-state index in [1.165, 1.54) is 51.4 Å². The van der Waals surface area contributed by atoms with Crippen molar-refractivity contribution in [3.05, 3.63) is 72.3 Å². The Balaban J connectivity index is 1.18. The van der Waals surface area contributed by atoms with Crippen molar-refractivity contribution >= 4 is 18.0 Å². The van der Waals surface area contributed by atoms with E-state index in [1.807, 2.05) is 60.7 Å². The molecule has 0 unspecified atom stereocenters. The van der Waals surface area contributed by atoms with Crippen molar-refractivity contribution in [1.29, 1.82) is 0 Å². The zero-order chi connectivity index (χ0) is 29.5. The van der Waals surface area contributed by atoms with Gasteiger partial charge in [-0.2, -0.15) is 0 Å². The molecular formula is C39H55O2P. The lowest BCUT2D eigenvalue weighted by atomic mass is 9.47. The SMILES string of the molecule is CC(C)CCC[C@H](C)[C@H]1CC[C@H]2[C@@H]3CC=C4C[C@H](OP(=O)(c5ccccc5)c5ccccc5)CC[C@]4(C)[C@H]3CC[C@]12C. The molecule has 3 heteroatoms. The van der Waals surface area contributed by atoms with Crippen LogP contribution in [0.25, 0.3) is 0 Å². The summed E-state index contributed by atoms with van der Waals surface area (Å²) in [4.78, 5) is 0. The lowest BCUT2D eigenvalue weighted by Gasteiger charge is -2.58. The summed E-state index contributed by atoms with van der Waals surface area (Å²) in [5.74, 6) is 5.10. The van der Waals surface area contributed by atoms with Crippen LogP contribution in [0.2, 0.25) is 0 Å². The van der Waals surface area contributed by atoms with Crippen molar-refractivity contribution in [2.24, 2.45) is 46.3 Å². The maximum atomic E-state index is 14.7. The molecule has 0 aromatic heterocycles. The van der Waals surface area contributed by atoms with Crippen LogP contribution in [0.15, 0.2) is 72.3 Å². The summed E-state index contributed by atoms with van der Waals surface area (Å²) in [6.45, 7) is 12.6. The monoisotopic (exact) mass is 586 g/mol. The van der Waals surface area contributed by atoms with Crippen LogP contribution in [0.1, 0.15) is 105 Å². The van der Waals surface area contributed by atoms with Gasteiger partial charge in [-0.1, -0.05) is 102 Å². The number of hydrogen-bond acceptors (Lipinski definition) is 2. The van der Waals surface area contributed by atoms with E-state index in [9.17, 15) is 4.57 Å². The summed E-state index contributed by atoms with van der Waals surface area (Å²) in [5.41, 5.74) is 2.40. The van der Waals surface area contributed by atoms with Crippen LogP contribution in [-0.4, -0.2) is 6.10 Å². The van der Waals surface area contributed by atoms with Gasteiger partial charge >= 0.3 is 0 Å². The molecule has 0 bridgehead atoms. The van der Waals surface area contributed by atoms with Crippen LogP contribution in [0.4, 0.5) is 0 Å². The molecule has 3 fully saturated rings. The maximum absolute atomic E-state index is 14.7. The van der Waals surface area contributed by atoms with Crippen molar-refractivity contribution in [3.63, 3.8) is 0 Å². The van der Waals surface area contributed by atoms with Crippen molar-refractivity contribution < 1.29 is 9.09 Å². The van der Waals surface area contributed by atoms with Crippen molar-refractivity contribution in [2.75, 3.05) is 0 Å². The van der Waals surface area contributed by atoms with Gasteiger partial charge in [0.05, 0.1) is 6.10 Å². The second kappa shape index (κ2) is 12.0. The Labute approximate surface area is 256 Å². The molecule has 0 amide bonds. The van der Waals surface area contributed by atoms with E-state index in [2.05, 4.69) is 40.7 Å². The van der Waals surface area contributed by atoms with Crippen LogP contribution in [0.5, 0.6) is 0 Å². The molecule has 3 saturated carbocycles. The van der Waals surface area contributed by atoms with Crippen LogP contribution >= 0.6 is 7.37 Å². The van der Waals surface area contributed by atoms with E-state index in [-0.39, 0.29) is 11.5 Å². The molecule has 4 aliphatic rings. The Morgan fingerprint density at radius 2 is 1.50 bits per heavy atom. The van der Waals surface area contributed by atoms with Crippen LogP contribution in [-0.2, 0) is 9.09 Å². The van der Waals surface area contributed by atoms with E-state index in [0.717, 1.165) is 65.4 Å². The number of allylic oxidation sites excluding steroid dienone is 1. The van der Waals surface area contributed by atoms with Gasteiger partial charge in [-0.15, -0.1) is 0 Å². The van der Waals surface area contributed by atoms with E-state index in [4.69, 9.17) is 4.52 Å². The Hall–Kier alpha value is -1.63. The molecule has 2 aromatic carbocycles. The molecule has 0 radical (unpaired) electrons. The highest BCUT2D eigenvalue weighted by molar-refractivity contribution is 7.74. The first kappa shape index (κ1) is 30.4. The summed E-state index contributed by atoms with van der Waals surface area (Å²) < 4.78 is 21.4. The summed E-state index contributed by atoms with van der Waals surface area (Å²) in [5, 5.41) is 1.62.